The number of hydrogen-bond acceptors (Lipinski definition) is 2. The fraction of sp³-hybridized carbons (Fsp3) is 0.900. The molecule has 0 aromatic rings. The molecule has 1 rings (SSSR count). The second-order valence-corrected chi connectivity index (χ2v) is 4.23. The second kappa shape index (κ2) is 3.56. The Labute approximate surface area is 74.9 Å². The summed E-state index contributed by atoms with van der Waals surface area (Å²) < 4.78 is 0. The smallest absolute Gasteiger partial charge is 0.147 e. The Bertz CT molecular complexity index is 177. The standard InChI is InChI=1S/C10H19NO/c1-7(2)9-5-6-11(4)10(9)8(3)12/h7,9-10H,5-6H2,1-4H3. The van der Waals surface area contributed by atoms with Gasteiger partial charge < -0.3 is 0 Å². The van der Waals surface area contributed by atoms with Crippen LogP contribution in [-0.2, 0) is 4.79 Å². The molecule has 70 valence electrons. The Morgan fingerprint density at radius 3 is 2.42 bits per heavy atom. The molecule has 1 saturated heterocycles. The van der Waals surface area contributed by atoms with Gasteiger partial charge in [0.05, 0.1) is 6.04 Å². The molecule has 0 radical (unpaired) electrons. The van der Waals surface area contributed by atoms with Crippen molar-refractivity contribution in [2.45, 2.75) is 33.2 Å². The number of ketones is 1. The van der Waals surface area contributed by atoms with Crippen LogP contribution in [0.2, 0.25) is 0 Å². The van der Waals surface area contributed by atoms with E-state index in [4.69, 9.17) is 0 Å². The van der Waals surface area contributed by atoms with Gasteiger partial charge in [0.15, 0.2) is 0 Å². The summed E-state index contributed by atoms with van der Waals surface area (Å²) in [6.07, 6.45) is 1.18. The number of rotatable bonds is 2. The highest BCUT2D eigenvalue weighted by Crippen LogP contribution is 2.29. The lowest BCUT2D eigenvalue weighted by Gasteiger charge is -2.24. The van der Waals surface area contributed by atoms with Crippen LogP contribution in [0.15, 0.2) is 0 Å². The maximum absolute atomic E-state index is 11.3. The first-order valence-electron chi connectivity index (χ1n) is 4.74. The van der Waals surface area contributed by atoms with E-state index < -0.39 is 0 Å². The number of hydrogen-bond donors (Lipinski definition) is 0. The average Bonchev–Trinajstić information content (AvgIpc) is 2.30. The minimum atomic E-state index is 0.185. The molecule has 1 heterocycles. The molecule has 0 N–H and O–H groups in total. The van der Waals surface area contributed by atoms with Crippen molar-refractivity contribution in [3.05, 3.63) is 0 Å². The van der Waals surface area contributed by atoms with Crippen LogP contribution in [0.5, 0.6) is 0 Å². The van der Waals surface area contributed by atoms with Crippen LogP contribution in [0.1, 0.15) is 27.2 Å². The molecule has 1 fully saturated rings. The normalized spacial score (nSPS) is 31.4. The number of likely N-dealkylation sites (N-methyl/N-ethyl adjacent to an activating group) is 1. The first-order valence-corrected chi connectivity index (χ1v) is 4.74. The molecule has 1 aliphatic rings. The highest BCUT2D eigenvalue weighted by molar-refractivity contribution is 5.82. The fourth-order valence-corrected chi connectivity index (χ4v) is 2.29. The zero-order valence-corrected chi connectivity index (χ0v) is 8.50. The molecule has 0 bridgehead atoms. The third-order valence-corrected chi connectivity index (χ3v) is 2.97. The maximum atomic E-state index is 11.3. The number of nitrogens with zero attached hydrogens (tertiary/aromatic N) is 1. The van der Waals surface area contributed by atoms with Crippen LogP contribution >= 0.6 is 0 Å². The molecule has 0 aliphatic carbocycles. The van der Waals surface area contributed by atoms with Gasteiger partial charge in [-0.2, -0.15) is 0 Å². The highest BCUT2D eigenvalue weighted by Gasteiger charge is 2.36. The van der Waals surface area contributed by atoms with E-state index in [1.807, 2.05) is 0 Å². The van der Waals surface area contributed by atoms with Gasteiger partial charge in [0, 0.05) is 0 Å². The van der Waals surface area contributed by atoms with Crippen molar-refractivity contribution >= 4 is 5.78 Å². The third kappa shape index (κ3) is 1.69. The molecule has 2 heteroatoms. The molecule has 12 heavy (non-hydrogen) atoms. The van der Waals surface area contributed by atoms with Crippen LogP contribution in [0.4, 0.5) is 0 Å². The molecule has 2 nitrogen and oxygen atoms in total. The lowest BCUT2D eigenvalue weighted by molar-refractivity contribution is -0.122. The molecule has 0 saturated carbocycles. The fourth-order valence-electron chi connectivity index (χ4n) is 2.29. The zero-order valence-electron chi connectivity index (χ0n) is 8.50. The largest absolute Gasteiger partial charge is 0.298 e. The summed E-state index contributed by atoms with van der Waals surface area (Å²) in [6, 6.07) is 0.185. The lowest BCUT2D eigenvalue weighted by atomic mass is 9.87. The number of carbonyl (C=O) groups is 1. The Morgan fingerprint density at radius 1 is 1.50 bits per heavy atom. The third-order valence-electron chi connectivity index (χ3n) is 2.97. The first kappa shape index (κ1) is 9.72. The minimum Gasteiger partial charge on any atom is -0.298 e. The van der Waals surface area contributed by atoms with Gasteiger partial charge in [0.25, 0.3) is 0 Å². The van der Waals surface area contributed by atoms with E-state index in [2.05, 4.69) is 25.8 Å². The van der Waals surface area contributed by atoms with Crippen molar-refractivity contribution in [3.63, 3.8) is 0 Å². The molecule has 2 unspecified atom stereocenters. The molecule has 0 spiro atoms. The topological polar surface area (TPSA) is 20.3 Å². The van der Waals surface area contributed by atoms with E-state index >= 15 is 0 Å². The molecular weight excluding hydrogens is 150 g/mol. The van der Waals surface area contributed by atoms with Gasteiger partial charge in [-0.25, -0.2) is 0 Å². The summed E-state index contributed by atoms with van der Waals surface area (Å²) in [4.78, 5) is 13.5. The van der Waals surface area contributed by atoms with Crippen molar-refractivity contribution in [1.29, 1.82) is 0 Å². The van der Waals surface area contributed by atoms with Crippen molar-refractivity contribution in [2.24, 2.45) is 11.8 Å². The SMILES string of the molecule is CC(=O)C1C(C(C)C)CCN1C. The van der Waals surface area contributed by atoms with E-state index in [0.29, 0.717) is 17.6 Å². The van der Waals surface area contributed by atoms with Crippen LogP contribution in [0, 0.1) is 11.8 Å². The molecule has 0 aromatic heterocycles. The Morgan fingerprint density at radius 2 is 2.08 bits per heavy atom. The summed E-state index contributed by atoms with van der Waals surface area (Å²) in [7, 11) is 2.05. The Balaban J connectivity index is 2.70. The van der Waals surface area contributed by atoms with E-state index in [0.717, 1.165) is 6.54 Å². The van der Waals surface area contributed by atoms with Crippen molar-refractivity contribution in [1.82, 2.24) is 4.90 Å². The highest BCUT2D eigenvalue weighted by atomic mass is 16.1. The summed E-state index contributed by atoms with van der Waals surface area (Å²) in [5, 5.41) is 0. The summed E-state index contributed by atoms with van der Waals surface area (Å²) in [6.45, 7) is 7.20. The monoisotopic (exact) mass is 169 g/mol. The lowest BCUT2D eigenvalue weighted by Crippen LogP contribution is -2.37. The average molecular weight is 169 g/mol. The number of Topliss-reactive ketones (excluding diaryl/α,β-unsaturated/α-hetero) is 1. The summed E-state index contributed by atoms with van der Waals surface area (Å²) in [5.41, 5.74) is 0. The van der Waals surface area contributed by atoms with Crippen molar-refractivity contribution in [2.75, 3.05) is 13.6 Å². The maximum Gasteiger partial charge on any atom is 0.147 e. The van der Waals surface area contributed by atoms with Gasteiger partial charge >= 0.3 is 0 Å². The predicted octanol–water partition coefficient (Wildman–Crippen LogP) is 1.55. The molecule has 1 aliphatic heterocycles. The number of carbonyl (C=O) groups excluding carboxylic acids is 1. The molecule has 2 atom stereocenters. The Hall–Kier alpha value is -0.370. The van der Waals surface area contributed by atoms with E-state index in [1.54, 1.807) is 6.92 Å². The Kier molecular flexibility index (Phi) is 2.89. The van der Waals surface area contributed by atoms with E-state index in [-0.39, 0.29) is 6.04 Å². The van der Waals surface area contributed by atoms with Crippen LogP contribution in [-0.4, -0.2) is 30.3 Å². The molecule has 0 amide bonds. The number of likely N-dealkylation sites (tertiary alicyclic amines) is 1. The minimum absolute atomic E-state index is 0.185. The molecular formula is C10H19NO. The van der Waals surface area contributed by atoms with Gasteiger partial charge in [0.1, 0.15) is 5.78 Å². The van der Waals surface area contributed by atoms with E-state index in [1.165, 1.54) is 6.42 Å². The van der Waals surface area contributed by atoms with Crippen LogP contribution in [0.25, 0.3) is 0 Å². The first-order chi connectivity index (χ1) is 5.54. The van der Waals surface area contributed by atoms with Crippen molar-refractivity contribution < 1.29 is 4.79 Å². The van der Waals surface area contributed by atoms with Gasteiger partial charge in [-0.3, -0.25) is 9.69 Å². The summed E-state index contributed by atoms with van der Waals surface area (Å²) in [5.74, 6) is 1.53. The van der Waals surface area contributed by atoms with Crippen LogP contribution < -0.4 is 0 Å². The molecule has 0 aromatic carbocycles. The predicted molar refractivity (Wildman–Crippen MR) is 50.0 cm³/mol. The summed E-state index contributed by atoms with van der Waals surface area (Å²) >= 11 is 0. The van der Waals surface area contributed by atoms with E-state index in [9.17, 15) is 4.79 Å². The van der Waals surface area contributed by atoms with Crippen LogP contribution in [0.3, 0.4) is 0 Å². The quantitative estimate of drug-likeness (QED) is 0.625. The van der Waals surface area contributed by atoms with Gasteiger partial charge in [-0.05, 0) is 38.8 Å². The van der Waals surface area contributed by atoms with Gasteiger partial charge in [0.2, 0.25) is 0 Å². The zero-order chi connectivity index (χ0) is 9.30. The van der Waals surface area contributed by atoms with Gasteiger partial charge in [-0.15, -0.1) is 0 Å². The second-order valence-electron chi connectivity index (χ2n) is 4.23. The van der Waals surface area contributed by atoms with Gasteiger partial charge in [-0.1, -0.05) is 13.8 Å². The van der Waals surface area contributed by atoms with Crippen molar-refractivity contribution in [3.8, 4) is 0 Å².